The van der Waals surface area contributed by atoms with Crippen molar-refractivity contribution in [3.8, 4) is 0 Å². The number of aliphatic carboxylic acids is 1. The average molecular weight is 302 g/mol. The molecule has 0 saturated carbocycles. The van der Waals surface area contributed by atoms with Crippen LogP contribution in [0.5, 0.6) is 0 Å². The Kier molecular flexibility index (Phi) is 6.45. The van der Waals surface area contributed by atoms with Crippen LogP contribution in [0.25, 0.3) is 0 Å². The number of amides is 1. The lowest BCUT2D eigenvalue weighted by molar-refractivity contribution is -0.137. The van der Waals surface area contributed by atoms with Crippen LogP contribution in [-0.4, -0.2) is 23.5 Å². The molecule has 0 fully saturated rings. The van der Waals surface area contributed by atoms with E-state index in [4.69, 9.17) is 16.7 Å². The molecule has 20 heavy (non-hydrogen) atoms. The molecule has 6 heteroatoms. The second-order valence-electron chi connectivity index (χ2n) is 4.68. The van der Waals surface area contributed by atoms with E-state index in [-0.39, 0.29) is 22.9 Å². The minimum atomic E-state index is -0.826. The quantitative estimate of drug-likeness (QED) is 0.813. The van der Waals surface area contributed by atoms with Crippen LogP contribution in [0.1, 0.15) is 36.5 Å². The second-order valence-corrected chi connectivity index (χ2v) is 5.06. The fourth-order valence-electron chi connectivity index (χ4n) is 1.72. The number of hydrogen-bond donors (Lipinski definition) is 2. The van der Waals surface area contributed by atoms with Crippen LogP contribution in [-0.2, 0) is 4.79 Å². The molecule has 1 aromatic carbocycles. The van der Waals surface area contributed by atoms with Crippen molar-refractivity contribution in [2.75, 3.05) is 6.54 Å². The van der Waals surface area contributed by atoms with Crippen LogP contribution < -0.4 is 5.32 Å². The SMILES string of the molecule is CC(CCNC(=O)c1cccc(F)c1Cl)CCC(=O)O. The molecular formula is C14H17ClFNO3. The number of halogens is 2. The Labute approximate surface area is 121 Å². The summed E-state index contributed by atoms with van der Waals surface area (Å²) in [4.78, 5) is 22.2. The largest absolute Gasteiger partial charge is 0.481 e. The van der Waals surface area contributed by atoms with Crippen molar-refractivity contribution >= 4 is 23.5 Å². The molecule has 0 aliphatic heterocycles. The van der Waals surface area contributed by atoms with E-state index in [1.807, 2.05) is 6.92 Å². The van der Waals surface area contributed by atoms with E-state index in [1.165, 1.54) is 18.2 Å². The number of nitrogens with one attached hydrogen (secondary N) is 1. The molecule has 0 aliphatic rings. The third-order valence-electron chi connectivity index (χ3n) is 2.97. The summed E-state index contributed by atoms with van der Waals surface area (Å²) in [6.45, 7) is 2.32. The van der Waals surface area contributed by atoms with Gasteiger partial charge in [-0.1, -0.05) is 24.6 Å². The molecule has 0 spiro atoms. The Bertz CT molecular complexity index is 493. The van der Waals surface area contributed by atoms with E-state index in [9.17, 15) is 14.0 Å². The zero-order valence-electron chi connectivity index (χ0n) is 11.2. The number of rotatable bonds is 7. The fraction of sp³-hybridized carbons (Fsp3) is 0.429. The van der Waals surface area contributed by atoms with Crippen LogP contribution in [0.2, 0.25) is 5.02 Å². The Balaban J connectivity index is 2.40. The summed E-state index contributed by atoms with van der Waals surface area (Å²) in [7, 11) is 0. The molecule has 1 rings (SSSR count). The molecule has 110 valence electrons. The third kappa shape index (κ3) is 5.17. The topological polar surface area (TPSA) is 66.4 Å². The van der Waals surface area contributed by atoms with Crippen LogP contribution in [0.3, 0.4) is 0 Å². The molecular weight excluding hydrogens is 285 g/mol. The summed E-state index contributed by atoms with van der Waals surface area (Å²) in [5, 5.41) is 11.0. The maximum absolute atomic E-state index is 13.2. The zero-order chi connectivity index (χ0) is 15.1. The molecule has 0 heterocycles. The molecule has 0 radical (unpaired) electrons. The minimum Gasteiger partial charge on any atom is -0.481 e. The number of carbonyl (C=O) groups is 2. The number of hydrogen-bond acceptors (Lipinski definition) is 2. The van der Waals surface area contributed by atoms with Gasteiger partial charge in [0.1, 0.15) is 5.82 Å². The monoisotopic (exact) mass is 301 g/mol. The predicted molar refractivity (Wildman–Crippen MR) is 74.4 cm³/mol. The van der Waals surface area contributed by atoms with Gasteiger partial charge in [-0.05, 0) is 30.9 Å². The molecule has 1 amide bonds. The molecule has 1 atom stereocenters. The van der Waals surface area contributed by atoms with Crippen molar-refractivity contribution in [2.24, 2.45) is 5.92 Å². The smallest absolute Gasteiger partial charge is 0.303 e. The Morgan fingerprint density at radius 2 is 2.10 bits per heavy atom. The lowest BCUT2D eigenvalue weighted by Crippen LogP contribution is -2.26. The van der Waals surface area contributed by atoms with Crippen molar-refractivity contribution in [3.05, 3.63) is 34.6 Å². The summed E-state index contributed by atoms with van der Waals surface area (Å²) >= 11 is 5.71. The van der Waals surface area contributed by atoms with E-state index in [0.717, 1.165) is 0 Å². The molecule has 1 unspecified atom stereocenters. The van der Waals surface area contributed by atoms with Crippen LogP contribution in [0.15, 0.2) is 18.2 Å². The predicted octanol–water partition coefficient (Wildman–Crippen LogP) is 3.10. The van der Waals surface area contributed by atoms with Gasteiger partial charge in [-0.3, -0.25) is 9.59 Å². The third-order valence-corrected chi connectivity index (χ3v) is 3.35. The standard InChI is InChI=1S/C14H17ClFNO3/c1-9(5-6-12(18)19)7-8-17-14(20)10-3-2-4-11(16)13(10)15/h2-4,9H,5-8H2,1H3,(H,17,20)(H,18,19). The number of carboxylic acid groups (broad SMARTS) is 1. The van der Waals surface area contributed by atoms with Crippen molar-refractivity contribution in [1.82, 2.24) is 5.32 Å². The first-order valence-corrected chi connectivity index (χ1v) is 6.73. The molecule has 4 nitrogen and oxygen atoms in total. The van der Waals surface area contributed by atoms with Crippen LogP contribution in [0.4, 0.5) is 4.39 Å². The van der Waals surface area contributed by atoms with Gasteiger partial charge in [0, 0.05) is 13.0 Å². The first kappa shape index (κ1) is 16.4. The number of carboxylic acids is 1. The van der Waals surface area contributed by atoms with Gasteiger partial charge < -0.3 is 10.4 Å². The molecule has 0 saturated heterocycles. The molecule has 0 aliphatic carbocycles. The second kappa shape index (κ2) is 7.85. The highest BCUT2D eigenvalue weighted by Crippen LogP contribution is 2.19. The minimum absolute atomic E-state index is 0.102. The first-order valence-electron chi connectivity index (χ1n) is 6.35. The van der Waals surface area contributed by atoms with Crippen molar-refractivity contribution in [3.63, 3.8) is 0 Å². The lowest BCUT2D eigenvalue weighted by atomic mass is 10.0. The van der Waals surface area contributed by atoms with Crippen LogP contribution in [0, 0.1) is 11.7 Å². The van der Waals surface area contributed by atoms with E-state index in [1.54, 1.807) is 0 Å². The van der Waals surface area contributed by atoms with E-state index in [2.05, 4.69) is 5.32 Å². The van der Waals surface area contributed by atoms with E-state index in [0.29, 0.717) is 19.4 Å². The number of carbonyl (C=O) groups excluding carboxylic acids is 1. The van der Waals surface area contributed by atoms with Gasteiger partial charge in [0.2, 0.25) is 0 Å². The zero-order valence-corrected chi connectivity index (χ0v) is 11.9. The van der Waals surface area contributed by atoms with Crippen LogP contribution >= 0.6 is 11.6 Å². The highest BCUT2D eigenvalue weighted by Gasteiger charge is 2.13. The van der Waals surface area contributed by atoms with Crippen molar-refractivity contribution in [1.29, 1.82) is 0 Å². The van der Waals surface area contributed by atoms with Gasteiger partial charge in [-0.2, -0.15) is 0 Å². The summed E-state index contributed by atoms with van der Waals surface area (Å²) in [5.74, 6) is -1.70. The Hall–Kier alpha value is -1.62. The molecule has 0 bridgehead atoms. The van der Waals surface area contributed by atoms with Gasteiger partial charge >= 0.3 is 5.97 Å². The highest BCUT2D eigenvalue weighted by atomic mass is 35.5. The van der Waals surface area contributed by atoms with Crippen molar-refractivity contribution in [2.45, 2.75) is 26.2 Å². The van der Waals surface area contributed by atoms with Gasteiger partial charge in [0.25, 0.3) is 5.91 Å². The highest BCUT2D eigenvalue weighted by molar-refractivity contribution is 6.34. The molecule has 1 aromatic rings. The lowest BCUT2D eigenvalue weighted by Gasteiger charge is -2.11. The summed E-state index contributed by atoms with van der Waals surface area (Å²) < 4.78 is 13.2. The number of benzene rings is 1. The van der Waals surface area contributed by atoms with Gasteiger partial charge in [0.15, 0.2) is 0 Å². The van der Waals surface area contributed by atoms with Gasteiger partial charge in [0.05, 0.1) is 10.6 Å². The van der Waals surface area contributed by atoms with Crippen molar-refractivity contribution < 1.29 is 19.1 Å². The maximum Gasteiger partial charge on any atom is 0.303 e. The summed E-state index contributed by atoms with van der Waals surface area (Å²) in [6, 6.07) is 4.06. The van der Waals surface area contributed by atoms with Gasteiger partial charge in [-0.15, -0.1) is 0 Å². The van der Waals surface area contributed by atoms with E-state index >= 15 is 0 Å². The Morgan fingerprint density at radius 3 is 2.75 bits per heavy atom. The molecule has 0 aromatic heterocycles. The summed E-state index contributed by atoms with van der Waals surface area (Å²) in [5.41, 5.74) is 0.102. The first-order chi connectivity index (χ1) is 9.41. The normalized spacial score (nSPS) is 11.9. The maximum atomic E-state index is 13.2. The molecule has 2 N–H and O–H groups in total. The Morgan fingerprint density at radius 1 is 1.40 bits per heavy atom. The average Bonchev–Trinajstić information content (AvgIpc) is 2.39. The summed E-state index contributed by atoms with van der Waals surface area (Å²) in [6.07, 6.45) is 1.34. The van der Waals surface area contributed by atoms with E-state index < -0.39 is 17.7 Å². The fourth-order valence-corrected chi connectivity index (χ4v) is 1.93. The van der Waals surface area contributed by atoms with Gasteiger partial charge in [-0.25, -0.2) is 4.39 Å².